The molecule has 0 aromatic heterocycles. The zero-order valence-electron chi connectivity index (χ0n) is 18.2. The van der Waals surface area contributed by atoms with E-state index in [4.69, 9.17) is 11.6 Å². The molecule has 0 amide bonds. The van der Waals surface area contributed by atoms with Crippen molar-refractivity contribution in [1.82, 2.24) is 0 Å². The van der Waals surface area contributed by atoms with Gasteiger partial charge in [-0.25, -0.2) is 0 Å². The molecule has 0 bridgehead atoms. The van der Waals surface area contributed by atoms with Gasteiger partial charge in [-0.15, -0.1) is 0 Å². The van der Waals surface area contributed by atoms with Gasteiger partial charge in [0.1, 0.15) is 0 Å². The number of benzene rings is 3. The van der Waals surface area contributed by atoms with E-state index < -0.39 is 36.1 Å². The van der Waals surface area contributed by atoms with Crippen molar-refractivity contribution in [2.45, 2.75) is 37.3 Å². The van der Waals surface area contributed by atoms with E-state index in [-0.39, 0.29) is 10.7 Å². The van der Waals surface area contributed by atoms with E-state index in [1.165, 1.54) is 18.2 Å². The predicted octanol–water partition coefficient (Wildman–Crippen LogP) is 7.48. The largest absolute Gasteiger partial charge is 0.431 e. The first kappa shape index (κ1) is 25.1. The maximum atomic E-state index is 13.6. The van der Waals surface area contributed by atoms with E-state index in [9.17, 15) is 31.4 Å². The second-order valence-corrected chi connectivity index (χ2v) is 8.67. The maximum absolute atomic E-state index is 13.6. The van der Waals surface area contributed by atoms with Gasteiger partial charge in [0, 0.05) is 6.42 Å². The van der Waals surface area contributed by atoms with Crippen LogP contribution in [0.5, 0.6) is 0 Å². The van der Waals surface area contributed by atoms with Crippen LogP contribution in [0.15, 0.2) is 77.9 Å². The number of aliphatic hydroxyl groups is 1. The van der Waals surface area contributed by atoms with Crippen molar-refractivity contribution in [2.75, 3.05) is 5.01 Å². The third-order valence-corrected chi connectivity index (χ3v) is 6.21. The van der Waals surface area contributed by atoms with Crippen molar-refractivity contribution in [3.63, 3.8) is 0 Å². The third-order valence-electron chi connectivity index (χ3n) is 5.89. The topological polar surface area (TPSA) is 35.8 Å². The van der Waals surface area contributed by atoms with Crippen LogP contribution in [0.3, 0.4) is 0 Å². The highest BCUT2D eigenvalue weighted by atomic mass is 35.5. The first-order valence-corrected chi connectivity index (χ1v) is 10.9. The Kier molecular flexibility index (Phi) is 6.36. The number of nitrogens with zero attached hydrogens (tertiary/aromatic N) is 2. The summed E-state index contributed by atoms with van der Waals surface area (Å²) in [5.74, 6) is 0. The van der Waals surface area contributed by atoms with Crippen LogP contribution in [-0.2, 0) is 0 Å². The standard InChI is InChI=1S/C25H19ClF6N2O/c1-15-5-4-6-18(13-15)16-9-11-17(12-10-16)21-14-22(23(35,24(27,28)29)25(30,31)32)33-34(21)20-8-3-2-7-19(20)26/h2-13,21,35H,14H2,1H3. The molecule has 0 aliphatic carbocycles. The van der Waals surface area contributed by atoms with E-state index in [1.54, 1.807) is 30.3 Å². The van der Waals surface area contributed by atoms with Gasteiger partial charge in [-0.2, -0.15) is 31.4 Å². The lowest BCUT2D eigenvalue weighted by molar-refractivity contribution is -0.338. The molecule has 0 saturated heterocycles. The summed E-state index contributed by atoms with van der Waals surface area (Å²) in [6.07, 6.45) is -12.9. The lowest BCUT2D eigenvalue weighted by Crippen LogP contribution is -2.62. The Hall–Kier alpha value is -3.04. The van der Waals surface area contributed by atoms with Crippen molar-refractivity contribution in [1.29, 1.82) is 0 Å². The summed E-state index contributed by atoms with van der Waals surface area (Å²) < 4.78 is 81.4. The van der Waals surface area contributed by atoms with Crippen molar-refractivity contribution < 1.29 is 31.4 Å². The fourth-order valence-corrected chi connectivity index (χ4v) is 4.28. The van der Waals surface area contributed by atoms with Gasteiger partial charge in [-0.05, 0) is 35.7 Å². The van der Waals surface area contributed by atoms with Gasteiger partial charge in [-0.3, -0.25) is 5.01 Å². The van der Waals surface area contributed by atoms with Crippen LogP contribution in [0.2, 0.25) is 5.02 Å². The molecule has 1 heterocycles. The van der Waals surface area contributed by atoms with Gasteiger partial charge in [0.25, 0.3) is 5.60 Å². The number of rotatable bonds is 4. The molecule has 0 fully saturated rings. The molecule has 1 unspecified atom stereocenters. The van der Waals surface area contributed by atoms with E-state index in [1.807, 2.05) is 31.2 Å². The fraction of sp³-hybridized carbons (Fsp3) is 0.240. The SMILES string of the molecule is Cc1cccc(-c2ccc(C3CC(C(O)(C(F)(F)F)C(F)(F)F)=NN3c3ccccc3Cl)cc2)c1. The highest BCUT2D eigenvalue weighted by Crippen LogP contribution is 2.49. The summed E-state index contributed by atoms with van der Waals surface area (Å²) in [7, 11) is 0. The second-order valence-electron chi connectivity index (χ2n) is 8.26. The van der Waals surface area contributed by atoms with Gasteiger partial charge in [0.05, 0.1) is 22.5 Å². The Labute approximate surface area is 202 Å². The van der Waals surface area contributed by atoms with Gasteiger partial charge >= 0.3 is 12.4 Å². The first-order chi connectivity index (χ1) is 16.3. The van der Waals surface area contributed by atoms with Crippen LogP contribution in [0, 0.1) is 6.92 Å². The quantitative estimate of drug-likeness (QED) is 0.368. The highest BCUT2D eigenvalue weighted by molar-refractivity contribution is 6.33. The summed E-state index contributed by atoms with van der Waals surface area (Å²) in [4.78, 5) is 0. The zero-order chi connectivity index (χ0) is 25.6. The van der Waals surface area contributed by atoms with Gasteiger partial charge in [-0.1, -0.05) is 77.8 Å². The van der Waals surface area contributed by atoms with Gasteiger partial charge in [0.2, 0.25) is 0 Å². The van der Waals surface area contributed by atoms with E-state index >= 15 is 0 Å². The summed E-state index contributed by atoms with van der Waals surface area (Å²) in [5.41, 5.74) is -3.27. The molecule has 35 heavy (non-hydrogen) atoms. The van der Waals surface area contributed by atoms with Crippen LogP contribution in [0.1, 0.15) is 23.6 Å². The number of aryl methyl sites for hydroxylation is 1. The number of halogens is 7. The van der Waals surface area contributed by atoms with E-state index in [0.29, 0.717) is 5.56 Å². The summed E-state index contributed by atoms with van der Waals surface area (Å²) in [5, 5.41) is 14.7. The average Bonchev–Trinajstić information content (AvgIpc) is 3.23. The molecular formula is C25H19ClF6N2O. The smallest absolute Gasteiger partial charge is 0.369 e. The van der Waals surface area contributed by atoms with Crippen molar-refractivity contribution in [3.05, 3.63) is 88.9 Å². The zero-order valence-corrected chi connectivity index (χ0v) is 19.0. The van der Waals surface area contributed by atoms with Crippen molar-refractivity contribution in [3.8, 4) is 11.1 Å². The molecular weight excluding hydrogens is 494 g/mol. The minimum absolute atomic E-state index is 0.0847. The number of hydrogen-bond donors (Lipinski definition) is 1. The Morgan fingerprint density at radius 2 is 1.49 bits per heavy atom. The lowest BCUT2D eigenvalue weighted by atomic mass is 9.89. The number of anilines is 1. The Bertz CT molecular complexity index is 1240. The molecule has 1 aliphatic rings. The molecule has 4 rings (SSSR count). The van der Waals surface area contributed by atoms with Crippen molar-refractivity contribution in [2.24, 2.45) is 5.10 Å². The Balaban J connectivity index is 1.79. The molecule has 1 N–H and O–H groups in total. The maximum Gasteiger partial charge on any atom is 0.431 e. The van der Waals surface area contributed by atoms with Crippen molar-refractivity contribution >= 4 is 23.0 Å². The average molecular weight is 513 g/mol. The molecule has 3 aromatic carbocycles. The van der Waals surface area contributed by atoms with Crippen LogP contribution in [-0.4, -0.2) is 28.8 Å². The summed E-state index contributed by atoms with van der Waals surface area (Å²) >= 11 is 6.20. The second kappa shape index (κ2) is 8.87. The lowest BCUT2D eigenvalue weighted by Gasteiger charge is -2.32. The molecule has 1 atom stereocenters. The van der Waals surface area contributed by atoms with Gasteiger partial charge < -0.3 is 5.11 Å². The molecule has 3 aromatic rings. The van der Waals surface area contributed by atoms with Gasteiger partial charge in [0.15, 0.2) is 0 Å². The molecule has 3 nitrogen and oxygen atoms in total. The predicted molar refractivity (Wildman–Crippen MR) is 122 cm³/mol. The molecule has 10 heteroatoms. The molecule has 0 saturated carbocycles. The highest BCUT2D eigenvalue weighted by Gasteiger charge is 2.74. The number of hydrogen-bond acceptors (Lipinski definition) is 3. The van der Waals surface area contributed by atoms with E-state index in [2.05, 4.69) is 5.10 Å². The normalized spacial score (nSPS) is 17.0. The van der Waals surface area contributed by atoms with Crippen LogP contribution in [0.4, 0.5) is 32.0 Å². The Morgan fingerprint density at radius 1 is 0.857 bits per heavy atom. The minimum atomic E-state index is -6.03. The minimum Gasteiger partial charge on any atom is -0.369 e. The molecule has 184 valence electrons. The monoisotopic (exact) mass is 512 g/mol. The third kappa shape index (κ3) is 4.50. The molecule has 0 radical (unpaired) electrons. The number of para-hydroxylation sites is 1. The van der Waals surface area contributed by atoms with Crippen LogP contribution in [0.25, 0.3) is 11.1 Å². The summed E-state index contributed by atoms with van der Waals surface area (Å²) in [6, 6.07) is 19.3. The molecule has 1 aliphatic heterocycles. The van der Waals surface area contributed by atoms with Crippen LogP contribution < -0.4 is 5.01 Å². The summed E-state index contributed by atoms with van der Waals surface area (Å²) in [6.45, 7) is 1.93. The first-order valence-electron chi connectivity index (χ1n) is 10.5. The fourth-order valence-electron chi connectivity index (χ4n) is 4.06. The Morgan fingerprint density at radius 3 is 2.06 bits per heavy atom. The number of alkyl halides is 6. The van der Waals surface area contributed by atoms with E-state index in [0.717, 1.165) is 21.7 Å². The van der Waals surface area contributed by atoms with Crippen LogP contribution >= 0.6 is 11.6 Å². The number of hydrazone groups is 1. The molecule has 0 spiro atoms.